The van der Waals surface area contributed by atoms with Crippen LogP contribution in [0, 0.1) is 0 Å². The van der Waals surface area contributed by atoms with Crippen LogP contribution < -0.4 is 16.4 Å². The maximum absolute atomic E-state index is 11.8. The van der Waals surface area contributed by atoms with Gasteiger partial charge in [-0.05, 0) is 24.6 Å². The van der Waals surface area contributed by atoms with Crippen LogP contribution in [-0.4, -0.2) is 18.0 Å². The molecule has 4 N–H and O–H groups in total. The smallest absolute Gasteiger partial charge is 0.318 e. The third-order valence-corrected chi connectivity index (χ3v) is 3.02. The van der Waals surface area contributed by atoms with Crippen molar-refractivity contribution in [1.29, 1.82) is 0 Å². The first kappa shape index (κ1) is 14.8. The lowest BCUT2D eigenvalue weighted by atomic mass is 10.0. The Balaban J connectivity index is 2.18. The van der Waals surface area contributed by atoms with Crippen LogP contribution in [0.25, 0.3) is 0 Å². The molecule has 0 aliphatic heterocycles. The Kier molecular flexibility index (Phi) is 4.73. The SMILES string of the molecule is C[C@@H](N[C@H](c1ccccc1)c1ccco1)C(=O)NC(N)=O. The molecule has 1 heterocycles. The van der Waals surface area contributed by atoms with Crippen molar-refractivity contribution in [3.63, 3.8) is 0 Å². The van der Waals surface area contributed by atoms with Crippen LogP contribution in [0.4, 0.5) is 4.79 Å². The highest BCUT2D eigenvalue weighted by Gasteiger charge is 2.23. The monoisotopic (exact) mass is 287 g/mol. The van der Waals surface area contributed by atoms with Gasteiger partial charge in [0.1, 0.15) is 5.76 Å². The minimum absolute atomic E-state index is 0.296. The second kappa shape index (κ2) is 6.71. The van der Waals surface area contributed by atoms with Gasteiger partial charge < -0.3 is 10.2 Å². The normalized spacial score (nSPS) is 13.4. The molecule has 0 saturated heterocycles. The quantitative estimate of drug-likeness (QED) is 0.777. The van der Waals surface area contributed by atoms with Gasteiger partial charge in [-0.3, -0.25) is 15.4 Å². The minimum Gasteiger partial charge on any atom is -0.467 e. The Morgan fingerprint density at radius 3 is 2.43 bits per heavy atom. The van der Waals surface area contributed by atoms with Gasteiger partial charge in [0.05, 0.1) is 18.3 Å². The number of hydrogen-bond donors (Lipinski definition) is 3. The molecular weight excluding hydrogens is 270 g/mol. The van der Waals surface area contributed by atoms with Crippen molar-refractivity contribution < 1.29 is 14.0 Å². The molecule has 0 aliphatic carbocycles. The van der Waals surface area contributed by atoms with Crippen molar-refractivity contribution in [3.8, 4) is 0 Å². The molecule has 0 fully saturated rings. The van der Waals surface area contributed by atoms with Gasteiger partial charge in [-0.15, -0.1) is 0 Å². The van der Waals surface area contributed by atoms with Gasteiger partial charge in [-0.2, -0.15) is 0 Å². The average Bonchev–Trinajstić information content (AvgIpc) is 2.98. The van der Waals surface area contributed by atoms with Gasteiger partial charge in [-0.25, -0.2) is 4.79 Å². The summed E-state index contributed by atoms with van der Waals surface area (Å²) in [5, 5.41) is 5.18. The van der Waals surface area contributed by atoms with Crippen LogP contribution in [0.5, 0.6) is 0 Å². The first-order valence-corrected chi connectivity index (χ1v) is 6.52. The molecule has 1 aromatic heterocycles. The van der Waals surface area contributed by atoms with E-state index in [0.29, 0.717) is 5.76 Å². The predicted molar refractivity (Wildman–Crippen MR) is 77.3 cm³/mol. The van der Waals surface area contributed by atoms with E-state index in [1.807, 2.05) is 36.4 Å². The standard InChI is InChI=1S/C15H17N3O3/c1-10(14(19)18-15(16)20)17-13(12-8-5-9-21-12)11-6-3-2-4-7-11/h2-10,13,17H,1H3,(H3,16,18,19,20)/t10-,13-/m1/s1. The molecule has 0 unspecified atom stereocenters. The predicted octanol–water partition coefficient (Wildman–Crippen LogP) is 1.54. The Bertz CT molecular complexity index is 596. The van der Waals surface area contributed by atoms with Crippen molar-refractivity contribution in [2.75, 3.05) is 0 Å². The van der Waals surface area contributed by atoms with E-state index in [1.165, 1.54) is 0 Å². The maximum Gasteiger partial charge on any atom is 0.318 e. The number of benzene rings is 1. The Morgan fingerprint density at radius 2 is 1.86 bits per heavy atom. The number of carbonyl (C=O) groups excluding carboxylic acids is 2. The first-order chi connectivity index (χ1) is 10.1. The number of nitrogens with one attached hydrogen (secondary N) is 2. The van der Waals surface area contributed by atoms with Gasteiger partial charge in [0, 0.05) is 0 Å². The van der Waals surface area contributed by atoms with E-state index in [0.717, 1.165) is 5.56 Å². The highest BCUT2D eigenvalue weighted by Crippen LogP contribution is 2.22. The minimum atomic E-state index is -0.872. The third-order valence-electron chi connectivity index (χ3n) is 3.02. The van der Waals surface area contributed by atoms with Crippen molar-refractivity contribution in [3.05, 3.63) is 60.1 Å². The van der Waals surface area contributed by atoms with Crippen molar-refractivity contribution >= 4 is 11.9 Å². The lowest BCUT2D eigenvalue weighted by Crippen LogP contribution is -2.47. The van der Waals surface area contributed by atoms with Gasteiger partial charge in [0.25, 0.3) is 0 Å². The van der Waals surface area contributed by atoms with Crippen molar-refractivity contribution in [1.82, 2.24) is 10.6 Å². The van der Waals surface area contributed by atoms with Crippen LogP contribution >= 0.6 is 0 Å². The number of imide groups is 1. The number of urea groups is 1. The largest absolute Gasteiger partial charge is 0.467 e. The molecule has 6 heteroatoms. The van der Waals surface area contributed by atoms with Gasteiger partial charge in [0.2, 0.25) is 5.91 Å². The molecule has 2 atom stereocenters. The molecule has 0 radical (unpaired) electrons. The summed E-state index contributed by atoms with van der Waals surface area (Å²) in [4.78, 5) is 22.5. The molecule has 0 saturated carbocycles. The zero-order chi connectivity index (χ0) is 15.2. The lowest BCUT2D eigenvalue weighted by molar-refractivity contribution is -0.121. The molecule has 2 rings (SSSR count). The fraction of sp³-hybridized carbons (Fsp3) is 0.200. The van der Waals surface area contributed by atoms with Gasteiger partial charge >= 0.3 is 6.03 Å². The zero-order valence-electron chi connectivity index (χ0n) is 11.6. The van der Waals surface area contributed by atoms with E-state index in [2.05, 4.69) is 10.6 Å². The summed E-state index contributed by atoms with van der Waals surface area (Å²) in [7, 11) is 0. The number of rotatable bonds is 5. The highest BCUT2D eigenvalue weighted by atomic mass is 16.3. The molecule has 2 aromatic rings. The van der Waals surface area contributed by atoms with Gasteiger partial charge in [0.15, 0.2) is 0 Å². The van der Waals surface area contributed by atoms with Gasteiger partial charge in [-0.1, -0.05) is 30.3 Å². The molecule has 3 amide bonds. The molecule has 0 bridgehead atoms. The van der Waals surface area contributed by atoms with Crippen LogP contribution in [0.15, 0.2) is 53.1 Å². The number of primary amides is 1. The molecular formula is C15H17N3O3. The number of hydrogen-bond acceptors (Lipinski definition) is 4. The maximum atomic E-state index is 11.8. The number of nitrogens with two attached hydrogens (primary N) is 1. The Hall–Kier alpha value is -2.60. The van der Waals surface area contributed by atoms with E-state index >= 15 is 0 Å². The van der Waals surface area contributed by atoms with E-state index in [4.69, 9.17) is 10.2 Å². The van der Waals surface area contributed by atoms with Crippen LogP contribution in [0.3, 0.4) is 0 Å². The molecule has 21 heavy (non-hydrogen) atoms. The second-order valence-corrected chi connectivity index (χ2v) is 4.60. The lowest BCUT2D eigenvalue weighted by Gasteiger charge is -2.21. The fourth-order valence-corrected chi connectivity index (χ4v) is 2.00. The number of amides is 3. The van der Waals surface area contributed by atoms with Crippen LogP contribution in [0.2, 0.25) is 0 Å². The van der Waals surface area contributed by atoms with E-state index in [9.17, 15) is 9.59 Å². The highest BCUT2D eigenvalue weighted by molar-refractivity contribution is 5.96. The summed E-state index contributed by atoms with van der Waals surface area (Å²) in [6.45, 7) is 1.65. The summed E-state index contributed by atoms with van der Waals surface area (Å²) in [6, 6.07) is 11.4. The number of furan rings is 1. The molecule has 0 aliphatic rings. The molecule has 1 aromatic carbocycles. The Labute approximate surface area is 122 Å². The topological polar surface area (TPSA) is 97.4 Å². The summed E-state index contributed by atoms with van der Waals surface area (Å²) >= 11 is 0. The van der Waals surface area contributed by atoms with E-state index in [1.54, 1.807) is 19.3 Å². The zero-order valence-corrected chi connectivity index (χ0v) is 11.6. The van der Waals surface area contributed by atoms with Crippen molar-refractivity contribution in [2.45, 2.75) is 19.0 Å². The summed E-state index contributed by atoms with van der Waals surface area (Å²) in [5.41, 5.74) is 5.90. The second-order valence-electron chi connectivity index (χ2n) is 4.60. The van der Waals surface area contributed by atoms with Crippen LogP contribution in [-0.2, 0) is 4.79 Å². The summed E-state index contributed by atoms with van der Waals surface area (Å²) in [5.74, 6) is 0.190. The Morgan fingerprint density at radius 1 is 1.14 bits per heavy atom. The van der Waals surface area contributed by atoms with E-state index < -0.39 is 18.0 Å². The molecule has 0 spiro atoms. The fourth-order valence-electron chi connectivity index (χ4n) is 2.00. The van der Waals surface area contributed by atoms with Crippen LogP contribution in [0.1, 0.15) is 24.3 Å². The summed E-state index contributed by atoms with van der Waals surface area (Å²) < 4.78 is 5.43. The first-order valence-electron chi connectivity index (χ1n) is 6.52. The molecule has 110 valence electrons. The molecule has 6 nitrogen and oxygen atoms in total. The van der Waals surface area contributed by atoms with E-state index in [-0.39, 0.29) is 6.04 Å². The van der Waals surface area contributed by atoms with Crippen molar-refractivity contribution in [2.24, 2.45) is 5.73 Å². The third kappa shape index (κ3) is 3.93. The summed E-state index contributed by atoms with van der Waals surface area (Å²) in [6.07, 6.45) is 1.57. The average molecular weight is 287 g/mol. The number of carbonyl (C=O) groups is 2.